The quantitative estimate of drug-likeness (QED) is 0.107. The molecule has 0 unspecified atom stereocenters. The van der Waals surface area contributed by atoms with Gasteiger partial charge in [0.2, 0.25) is 0 Å². The fourth-order valence-corrected chi connectivity index (χ4v) is 2.09. The Kier molecular flexibility index (Phi) is 18.2. The highest BCUT2D eigenvalue weighted by atomic mass is 16.5. The Hall–Kier alpha value is -2.35. The number of carbonyl (C=O) groups excluding carboxylic acids is 1. The summed E-state index contributed by atoms with van der Waals surface area (Å²) in [7, 11) is 0. The summed E-state index contributed by atoms with van der Waals surface area (Å²) < 4.78 is 4.86. The number of hydrogen-bond acceptors (Lipinski definition) is 2. The van der Waals surface area contributed by atoms with Gasteiger partial charge in [-0.3, -0.25) is 0 Å². The van der Waals surface area contributed by atoms with Gasteiger partial charge in [-0.25, -0.2) is 4.79 Å². The zero-order chi connectivity index (χ0) is 20.0. The molecule has 0 aliphatic carbocycles. The van der Waals surface area contributed by atoms with Crippen molar-refractivity contribution in [2.24, 2.45) is 0 Å². The number of unbranched alkanes of at least 4 members (excludes halogenated alkanes) is 1. The highest BCUT2D eigenvalue weighted by Gasteiger charge is 1.94. The highest BCUT2D eigenvalue weighted by Crippen LogP contribution is 1.99. The van der Waals surface area contributed by atoms with Crippen LogP contribution in [0.4, 0.5) is 0 Å². The van der Waals surface area contributed by atoms with Gasteiger partial charge in [0.1, 0.15) is 0 Å². The molecule has 0 aromatic heterocycles. The van der Waals surface area contributed by atoms with Crippen LogP contribution in [0.3, 0.4) is 0 Å². The Morgan fingerprint density at radius 1 is 0.741 bits per heavy atom. The van der Waals surface area contributed by atoms with Gasteiger partial charge in [-0.2, -0.15) is 0 Å². The van der Waals surface area contributed by atoms with Crippen LogP contribution in [0, 0.1) is 0 Å². The van der Waals surface area contributed by atoms with Crippen molar-refractivity contribution < 1.29 is 9.53 Å². The summed E-state index contributed by atoms with van der Waals surface area (Å²) in [6.45, 7) is 6.25. The number of hydrogen-bond donors (Lipinski definition) is 0. The highest BCUT2D eigenvalue weighted by molar-refractivity contribution is 5.83. The maximum absolute atomic E-state index is 11.3. The molecule has 0 spiro atoms. The number of allylic oxidation sites excluding steroid dienone is 13. The molecule has 0 amide bonds. The van der Waals surface area contributed by atoms with E-state index in [0.717, 1.165) is 44.1 Å². The molecule has 2 nitrogen and oxygen atoms in total. The summed E-state index contributed by atoms with van der Waals surface area (Å²) >= 11 is 0. The fraction of sp³-hybridized carbons (Fsp3) is 0.400. The van der Waals surface area contributed by atoms with Crippen LogP contribution < -0.4 is 0 Å². The molecule has 0 bridgehead atoms. The average molecular weight is 369 g/mol. The zero-order valence-corrected chi connectivity index (χ0v) is 17.3. The molecule has 0 saturated heterocycles. The molecule has 0 aromatic rings. The Bertz CT molecular complexity index is 569. The molecule has 2 heteroatoms. The average Bonchev–Trinajstić information content (AvgIpc) is 2.64. The van der Waals surface area contributed by atoms with Crippen LogP contribution in [-0.2, 0) is 9.53 Å². The van der Waals surface area contributed by atoms with E-state index in [1.54, 1.807) is 6.92 Å². The van der Waals surface area contributed by atoms with Crippen molar-refractivity contribution >= 4 is 5.97 Å². The first kappa shape index (κ1) is 24.7. The van der Waals surface area contributed by atoms with Gasteiger partial charge in [-0.05, 0) is 57.9 Å². The van der Waals surface area contributed by atoms with E-state index >= 15 is 0 Å². The molecule has 0 saturated carbocycles. The Balaban J connectivity index is 3.75. The number of rotatable bonds is 14. The van der Waals surface area contributed by atoms with Crippen LogP contribution in [0.5, 0.6) is 0 Å². The Labute approximate surface area is 166 Å². The third-order valence-electron chi connectivity index (χ3n) is 3.46. The first-order valence-electron chi connectivity index (χ1n) is 9.98. The zero-order valence-electron chi connectivity index (χ0n) is 17.3. The van der Waals surface area contributed by atoms with Crippen molar-refractivity contribution in [2.45, 2.75) is 59.3 Å². The van der Waals surface area contributed by atoms with Gasteiger partial charge in [-0.1, -0.05) is 79.8 Å². The molecule has 0 fully saturated rings. The van der Waals surface area contributed by atoms with Crippen LogP contribution in [0.15, 0.2) is 84.6 Å². The SMILES string of the molecule is CC/C=C\C/C=C\C/C=C\C/C=C\CC/C=C/C=C/C(C)=CC(=O)OCC. The van der Waals surface area contributed by atoms with Gasteiger partial charge in [-0.15, -0.1) is 0 Å². The van der Waals surface area contributed by atoms with Crippen molar-refractivity contribution in [2.75, 3.05) is 6.61 Å². The second kappa shape index (κ2) is 20.0. The molecule has 0 aliphatic heterocycles. The third-order valence-corrected chi connectivity index (χ3v) is 3.46. The lowest BCUT2D eigenvalue weighted by Gasteiger charge is -1.95. The third kappa shape index (κ3) is 19.8. The Morgan fingerprint density at radius 3 is 1.89 bits per heavy atom. The van der Waals surface area contributed by atoms with Crippen LogP contribution in [-0.4, -0.2) is 12.6 Å². The smallest absolute Gasteiger partial charge is 0.330 e. The first-order valence-corrected chi connectivity index (χ1v) is 9.98. The summed E-state index contributed by atoms with van der Waals surface area (Å²) in [6.07, 6.45) is 33.4. The standard InChI is InChI=1S/C25H36O2/c1-4-6-7-8-9-10-11-12-13-14-15-16-17-18-19-20-21-22-24(3)23-25(26)27-5-2/h6-7,9-10,12-13,15-16,19-23H,4-5,8,11,14,17-18H2,1-3H3/b7-6-,10-9-,13-12-,16-15-,20-19+,22-21+,24-23?. The van der Waals surface area contributed by atoms with Gasteiger partial charge in [0, 0.05) is 6.08 Å². The molecule has 0 radical (unpaired) electrons. The number of ether oxygens (including phenoxy) is 1. The van der Waals surface area contributed by atoms with Gasteiger partial charge in [0.25, 0.3) is 0 Å². The van der Waals surface area contributed by atoms with Crippen molar-refractivity contribution in [3.63, 3.8) is 0 Å². The fourth-order valence-electron chi connectivity index (χ4n) is 2.09. The molecular weight excluding hydrogens is 332 g/mol. The summed E-state index contributed by atoms with van der Waals surface area (Å²) in [5.74, 6) is -0.289. The van der Waals surface area contributed by atoms with Gasteiger partial charge in [0.05, 0.1) is 6.61 Å². The summed E-state index contributed by atoms with van der Waals surface area (Å²) in [4.78, 5) is 11.3. The molecule has 0 N–H and O–H groups in total. The number of esters is 1. The maximum Gasteiger partial charge on any atom is 0.330 e. The first-order chi connectivity index (χ1) is 13.2. The van der Waals surface area contributed by atoms with Crippen LogP contribution in [0.25, 0.3) is 0 Å². The summed E-state index contributed by atoms with van der Waals surface area (Å²) in [6, 6.07) is 0. The molecule has 0 atom stereocenters. The van der Waals surface area contributed by atoms with Gasteiger partial charge >= 0.3 is 5.97 Å². The van der Waals surface area contributed by atoms with Crippen LogP contribution in [0.1, 0.15) is 59.3 Å². The summed E-state index contributed by atoms with van der Waals surface area (Å²) in [5, 5.41) is 0. The van der Waals surface area contributed by atoms with Crippen LogP contribution in [0.2, 0.25) is 0 Å². The summed E-state index contributed by atoms with van der Waals surface area (Å²) in [5.41, 5.74) is 0.886. The largest absolute Gasteiger partial charge is 0.463 e. The molecule has 27 heavy (non-hydrogen) atoms. The molecular formula is C25H36O2. The Morgan fingerprint density at radius 2 is 1.30 bits per heavy atom. The van der Waals surface area contributed by atoms with Crippen molar-refractivity contribution in [3.8, 4) is 0 Å². The second-order valence-corrected chi connectivity index (χ2v) is 6.01. The lowest BCUT2D eigenvalue weighted by Crippen LogP contribution is -1.99. The van der Waals surface area contributed by atoms with Crippen molar-refractivity contribution in [1.29, 1.82) is 0 Å². The monoisotopic (exact) mass is 368 g/mol. The topological polar surface area (TPSA) is 26.3 Å². The van der Waals surface area contributed by atoms with E-state index in [9.17, 15) is 4.79 Å². The maximum atomic E-state index is 11.3. The van der Waals surface area contributed by atoms with Crippen molar-refractivity contribution in [1.82, 2.24) is 0 Å². The molecule has 0 heterocycles. The minimum atomic E-state index is -0.289. The van der Waals surface area contributed by atoms with E-state index in [-0.39, 0.29) is 5.97 Å². The minimum absolute atomic E-state index is 0.289. The molecule has 0 rings (SSSR count). The predicted molar refractivity (Wildman–Crippen MR) is 119 cm³/mol. The van der Waals surface area contributed by atoms with E-state index in [0.29, 0.717) is 6.61 Å². The molecule has 148 valence electrons. The predicted octanol–water partition coefficient (Wildman–Crippen LogP) is 7.19. The van der Waals surface area contributed by atoms with Crippen LogP contribution >= 0.6 is 0 Å². The van der Waals surface area contributed by atoms with Gasteiger partial charge < -0.3 is 4.74 Å². The normalized spacial score (nSPS) is 13.5. The van der Waals surface area contributed by atoms with E-state index in [4.69, 9.17) is 4.74 Å². The molecule has 0 aliphatic rings. The second-order valence-electron chi connectivity index (χ2n) is 6.01. The van der Waals surface area contributed by atoms with E-state index in [2.05, 4.69) is 61.6 Å². The van der Waals surface area contributed by atoms with E-state index < -0.39 is 0 Å². The molecule has 0 aromatic carbocycles. The lowest BCUT2D eigenvalue weighted by molar-refractivity contribution is -0.137. The van der Waals surface area contributed by atoms with E-state index in [1.807, 2.05) is 25.2 Å². The number of carbonyl (C=O) groups is 1. The van der Waals surface area contributed by atoms with Crippen molar-refractivity contribution in [3.05, 3.63) is 84.6 Å². The minimum Gasteiger partial charge on any atom is -0.463 e. The van der Waals surface area contributed by atoms with Gasteiger partial charge in [0.15, 0.2) is 0 Å². The lowest BCUT2D eigenvalue weighted by atomic mass is 10.2. The van der Waals surface area contributed by atoms with E-state index in [1.165, 1.54) is 6.08 Å².